The van der Waals surface area contributed by atoms with Gasteiger partial charge in [-0.15, -0.1) is 22.7 Å². The molecular formula is C14H15N3O2S3. The van der Waals surface area contributed by atoms with Crippen LogP contribution in [0, 0.1) is 0 Å². The van der Waals surface area contributed by atoms with Crippen LogP contribution in [-0.2, 0) is 17.6 Å². The molecule has 0 atom stereocenters. The fraction of sp³-hybridized carbons (Fsp3) is 0.357. The molecule has 1 aliphatic rings. The first-order chi connectivity index (χ1) is 10.6. The molecule has 116 valence electrons. The molecule has 2 aromatic heterocycles. The first kappa shape index (κ1) is 15.5. The van der Waals surface area contributed by atoms with Gasteiger partial charge in [0.1, 0.15) is 9.34 Å². The fourth-order valence-electron chi connectivity index (χ4n) is 2.49. The van der Waals surface area contributed by atoms with Crippen molar-refractivity contribution in [2.24, 2.45) is 5.73 Å². The van der Waals surface area contributed by atoms with Gasteiger partial charge in [0.15, 0.2) is 0 Å². The average Bonchev–Trinajstić information content (AvgIpc) is 3.11. The summed E-state index contributed by atoms with van der Waals surface area (Å²) in [7, 11) is 0. The highest BCUT2D eigenvalue weighted by atomic mass is 32.2. The van der Waals surface area contributed by atoms with Crippen molar-refractivity contribution in [3.05, 3.63) is 27.6 Å². The molecule has 0 spiro atoms. The van der Waals surface area contributed by atoms with E-state index in [1.807, 2.05) is 5.38 Å². The number of nitrogens with one attached hydrogen (secondary N) is 1. The topological polar surface area (TPSA) is 85.1 Å². The fourth-order valence-corrected chi connectivity index (χ4v) is 5.23. The van der Waals surface area contributed by atoms with E-state index >= 15 is 0 Å². The van der Waals surface area contributed by atoms with E-state index in [4.69, 9.17) is 5.73 Å². The van der Waals surface area contributed by atoms with Gasteiger partial charge in [-0.3, -0.25) is 9.59 Å². The summed E-state index contributed by atoms with van der Waals surface area (Å²) in [6.45, 7) is 0. The summed E-state index contributed by atoms with van der Waals surface area (Å²) in [6, 6.07) is 0. The number of nitrogens with two attached hydrogens (primary N) is 1. The zero-order valence-electron chi connectivity index (χ0n) is 11.8. The number of anilines is 1. The lowest BCUT2D eigenvalue weighted by Gasteiger charge is -2.11. The molecule has 2 amide bonds. The second-order valence-corrected chi connectivity index (χ2v) is 8.14. The lowest BCUT2D eigenvalue weighted by molar-refractivity contribution is -0.113. The number of thiazole rings is 1. The van der Waals surface area contributed by atoms with Gasteiger partial charge in [-0.1, -0.05) is 11.8 Å². The maximum Gasteiger partial charge on any atom is 0.251 e. The molecule has 0 unspecified atom stereocenters. The first-order valence-corrected chi connectivity index (χ1v) is 9.60. The number of nitrogens with zero attached hydrogens (tertiary/aromatic N) is 1. The highest BCUT2D eigenvalue weighted by Gasteiger charge is 2.24. The van der Waals surface area contributed by atoms with Crippen LogP contribution in [0.15, 0.2) is 15.9 Å². The van der Waals surface area contributed by atoms with Crippen LogP contribution in [0.1, 0.15) is 33.6 Å². The normalized spacial score (nSPS) is 13.6. The molecule has 3 N–H and O–H groups in total. The Morgan fingerprint density at radius 2 is 2.18 bits per heavy atom. The number of thiophene rings is 1. The van der Waals surface area contributed by atoms with E-state index in [0.29, 0.717) is 10.6 Å². The molecule has 5 nitrogen and oxygen atoms in total. The van der Waals surface area contributed by atoms with Gasteiger partial charge in [0, 0.05) is 16.5 Å². The number of amides is 2. The SMILES string of the molecule is NC(=O)c1c(NC(=O)CSc2nccs2)sc2c1CCCC2. The van der Waals surface area contributed by atoms with Crippen LogP contribution >= 0.6 is 34.4 Å². The lowest BCUT2D eigenvalue weighted by atomic mass is 9.95. The number of fused-ring (bicyclic) bond motifs is 1. The van der Waals surface area contributed by atoms with Crippen molar-refractivity contribution in [2.75, 3.05) is 11.1 Å². The van der Waals surface area contributed by atoms with E-state index in [1.165, 1.54) is 39.3 Å². The van der Waals surface area contributed by atoms with E-state index in [-0.39, 0.29) is 11.7 Å². The monoisotopic (exact) mass is 353 g/mol. The maximum absolute atomic E-state index is 12.1. The Balaban J connectivity index is 1.72. The van der Waals surface area contributed by atoms with Crippen molar-refractivity contribution < 1.29 is 9.59 Å². The van der Waals surface area contributed by atoms with Crippen LogP contribution in [-0.4, -0.2) is 22.6 Å². The van der Waals surface area contributed by atoms with Crippen LogP contribution in [0.2, 0.25) is 0 Å². The number of carbonyl (C=O) groups excluding carboxylic acids is 2. The standard InChI is InChI=1S/C14H15N3O2S3/c15-12(19)11-8-3-1-2-4-9(8)22-13(11)17-10(18)7-21-14-16-5-6-20-14/h5-6H,1-4,7H2,(H2,15,19)(H,17,18). The highest BCUT2D eigenvalue weighted by Crippen LogP contribution is 2.38. The van der Waals surface area contributed by atoms with E-state index < -0.39 is 5.91 Å². The number of carbonyl (C=O) groups is 2. The third-order valence-corrected chi connectivity index (χ3v) is 6.58. The summed E-state index contributed by atoms with van der Waals surface area (Å²) in [5.41, 5.74) is 7.05. The first-order valence-electron chi connectivity index (χ1n) is 6.91. The molecule has 3 rings (SSSR count). The van der Waals surface area contributed by atoms with Crippen molar-refractivity contribution in [1.29, 1.82) is 0 Å². The molecule has 1 aliphatic carbocycles. The largest absolute Gasteiger partial charge is 0.365 e. The predicted octanol–water partition coefficient (Wildman–Crippen LogP) is 2.91. The van der Waals surface area contributed by atoms with Crippen LogP contribution in [0.4, 0.5) is 5.00 Å². The maximum atomic E-state index is 12.1. The van der Waals surface area contributed by atoms with Gasteiger partial charge in [0.25, 0.3) is 5.91 Å². The van der Waals surface area contributed by atoms with Gasteiger partial charge in [-0.2, -0.15) is 0 Å². The molecular weight excluding hydrogens is 338 g/mol. The van der Waals surface area contributed by atoms with Gasteiger partial charge in [0.05, 0.1) is 11.3 Å². The van der Waals surface area contributed by atoms with Crippen LogP contribution in [0.3, 0.4) is 0 Å². The van der Waals surface area contributed by atoms with Crippen LogP contribution in [0.25, 0.3) is 0 Å². The van der Waals surface area contributed by atoms with Crippen molar-refractivity contribution in [3.63, 3.8) is 0 Å². The van der Waals surface area contributed by atoms with E-state index in [9.17, 15) is 9.59 Å². The Kier molecular flexibility index (Phi) is 4.80. The van der Waals surface area contributed by atoms with Crippen molar-refractivity contribution in [1.82, 2.24) is 4.98 Å². The minimum Gasteiger partial charge on any atom is -0.365 e. The molecule has 0 radical (unpaired) electrons. The molecule has 0 fully saturated rings. The van der Waals surface area contributed by atoms with Gasteiger partial charge < -0.3 is 11.1 Å². The van der Waals surface area contributed by atoms with Crippen molar-refractivity contribution in [3.8, 4) is 0 Å². The third-order valence-electron chi connectivity index (χ3n) is 3.41. The Morgan fingerprint density at radius 1 is 1.36 bits per heavy atom. The summed E-state index contributed by atoms with van der Waals surface area (Å²) >= 11 is 4.38. The molecule has 0 saturated carbocycles. The van der Waals surface area contributed by atoms with E-state index in [2.05, 4.69) is 10.3 Å². The quantitative estimate of drug-likeness (QED) is 0.810. The molecule has 22 heavy (non-hydrogen) atoms. The second kappa shape index (κ2) is 6.80. The van der Waals surface area contributed by atoms with Crippen molar-refractivity contribution >= 4 is 51.3 Å². The van der Waals surface area contributed by atoms with E-state index in [1.54, 1.807) is 6.20 Å². The molecule has 2 heterocycles. The van der Waals surface area contributed by atoms with Gasteiger partial charge in [-0.05, 0) is 31.2 Å². The van der Waals surface area contributed by atoms with Gasteiger partial charge >= 0.3 is 0 Å². The average molecular weight is 353 g/mol. The predicted molar refractivity (Wildman–Crippen MR) is 90.9 cm³/mol. The molecule has 0 saturated heterocycles. The molecule has 2 aromatic rings. The third kappa shape index (κ3) is 3.34. The number of hydrogen-bond acceptors (Lipinski definition) is 6. The highest BCUT2D eigenvalue weighted by molar-refractivity contribution is 8.01. The summed E-state index contributed by atoms with van der Waals surface area (Å²) < 4.78 is 0.857. The minimum atomic E-state index is -0.456. The van der Waals surface area contributed by atoms with E-state index in [0.717, 1.165) is 35.6 Å². The zero-order valence-corrected chi connectivity index (χ0v) is 14.2. The number of aryl methyl sites for hydroxylation is 1. The van der Waals surface area contributed by atoms with Gasteiger partial charge in [0.2, 0.25) is 5.91 Å². The molecule has 8 heteroatoms. The molecule has 0 aromatic carbocycles. The Hall–Kier alpha value is -1.38. The Labute approximate surface area is 140 Å². The van der Waals surface area contributed by atoms with Crippen LogP contribution < -0.4 is 11.1 Å². The smallest absolute Gasteiger partial charge is 0.251 e. The summed E-state index contributed by atoms with van der Waals surface area (Å²) in [4.78, 5) is 29.1. The number of aromatic nitrogens is 1. The van der Waals surface area contributed by atoms with Gasteiger partial charge in [-0.25, -0.2) is 4.98 Å². The number of primary amides is 1. The number of rotatable bonds is 5. The second-order valence-electron chi connectivity index (χ2n) is 4.91. The molecule has 0 bridgehead atoms. The number of thioether (sulfide) groups is 1. The lowest BCUT2D eigenvalue weighted by Crippen LogP contribution is -2.19. The zero-order chi connectivity index (χ0) is 15.5. The Bertz CT molecular complexity index is 695. The minimum absolute atomic E-state index is 0.138. The van der Waals surface area contributed by atoms with Crippen molar-refractivity contribution in [2.45, 2.75) is 30.0 Å². The summed E-state index contributed by atoms with van der Waals surface area (Å²) in [5, 5.41) is 5.32. The summed E-state index contributed by atoms with van der Waals surface area (Å²) in [6.07, 6.45) is 5.73. The number of hydrogen-bond donors (Lipinski definition) is 2. The Morgan fingerprint density at radius 3 is 2.91 bits per heavy atom. The molecule has 0 aliphatic heterocycles. The summed E-state index contributed by atoms with van der Waals surface area (Å²) in [5.74, 6) is -0.322. The van der Waals surface area contributed by atoms with Crippen LogP contribution in [0.5, 0.6) is 0 Å².